The van der Waals surface area contributed by atoms with Gasteiger partial charge in [-0.1, -0.05) is 31.5 Å². The van der Waals surface area contributed by atoms with Gasteiger partial charge in [0, 0.05) is 6.42 Å². The molecule has 1 fully saturated rings. The second-order valence-corrected chi connectivity index (χ2v) is 5.06. The molecule has 1 atom stereocenters. The number of Topliss-reactive ketones (excluding diaryl/α,β-unsaturated/α-hetero) is 1. The van der Waals surface area contributed by atoms with E-state index in [9.17, 15) is 9.18 Å². The van der Waals surface area contributed by atoms with Gasteiger partial charge in [-0.2, -0.15) is 0 Å². The SMILES string of the molecule is CCC1(CC)C(=O)CC1Oc1c(F)cccc1Cl. The molecule has 1 aliphatic carbocycles. The van der Waals surface area contributed by atoms with E-state index < -0.39 is 11.2 Å². The number of rotatable bonds is 4. The normalized spacial score (nSPS) is 21.6. The van der Waals surface area contributed by atoms with Crippen LogP contribution in [-0.2, 0) is 4.79 Å². The van der Waals surface area contributed by atoms with E-state index in [4.69, 9.17) is 16.3 Å². The summed E-state index contributed by atoms with van der Waals surface area (Å²) in [6.45, 7) is 3.92. The van der Waals surface area contributed by atoms with Crippen molar-refractivity contribution in [1.82, 2.24) is 0 Å². The molecule has 0 N–H and O–H groups in total. The summed E-state index contributed by atoms with van der Waals surface area (Å²) in [6.07, 6.45) is 1.49. The first-order valence-electron chi connectivity index (χ1n) is 6.19. The molecular weight excluding hydrogens is 255 g/mol. The molecule has 0 aliphatic heterocycles. The molecule has 0 bridgehead atoms. The molecule has 18 heavy (non-hydrogen) atoms. The molecule has 1 unspecified atom stereocenters. The molecule has 1 aliphatic rings. The van der Waals surface area contributed by atoms with E-state index in [1.165, 1.54) is 12.1 Å². The number of para-hydroxylation sites is 1. The summed E-state index contributed by atoms with van der Waals surface area (Å²) in [7, 11) is 0. The van der Waals surface area contributed by atoms with Crippen molar-refractivity contribution in [3.05, 3.63) is 29.0 Å². The quantitative estimate of drug-likeness (QED) is 0.826. The number of hydrogen-bond acceptors (Lipinski definition) is 2. The van der Waals surface area contributed by atoms with Crippen molar-refractivity contribution in [2.24, 2.45) is 5.41 Å². The first-order chi connectivity index (χ1) is 8.55. The van der Waals surface area contributed by atoms with Crippen molar-refractivity contribution in [3.8, 4) is 5.75 Å². The molecule has 2 nitrogen and oxygen atoms in total. The molecule has 0 saturated heterocycles. The Morgan fingerprint density at radius 3 is 2.61 bits per heavy atom. The van der Waals surface area contributed by atoms with Crippen molar-refractivity contribution in [2.75, 3.05) is 0 Å². The van der Waals surface area contributed by atoms with Crippen LogP contribution in [0.5, 0.6) is 5.75 Å². The van der Waals surface area contributed by atoms with E-state index in [2.05, 4.69) is 0 Å². The zero-order valence-corrected chi connectivity index (χ0v) is 11.3. The van der Waals surface area contributed by atoms with Crippen molar-refractivity contribution >= 4 is 17.4 Å². The van der Waals surface area contributed by atoms with Crippen molar-refractivity contribution in [2.45, 2.75) is 39.2 Å². The third-order valence-corrected chi connectivity index (χ3v) is 4.28. The lowest BCUT2D eigenvalue weighted by molar-refractivity contribution is -0.153. The van der Waals surface area contributed by atoms with Crippen LogP contribution in [0.15, 0.2) is 18.2 Å². The highest BCUT2D eigenvalue weighted by atomic mass is 35.5. The molecule has 1 aromatic rings. The zero-order chi connectivity index (χ0) is 13.3. The van der Waals surface area contributed by atoms with E-state index in [1.807, 2.05) is 13.8 Å². The van der Waals surface area contributed by atoms with Crippen LogP contribution in [0.1, 0.15) is 33.1 Å². The van der Waals surface area contributed by atoms with Crippen LogP contribution in [0.25, 0.3) is 0 Å². The van der Waals surface area contributed by atoms with Crippen molar-refractivity contribution < 1.29 is 13.9 Å². The summed E-state index contributed by atoms with van der Waals surface area (Å²) in [6, 6.07) is 4.42. The van der Waals surface area contributed by atoms with Crippen LogP contribution in [0.4, 0.5) is 4.39 Å². The first kappa shape index (κ1) is 13.3. The standard InChI is InChI=1S/C14H16ClFO2/c1-3-14(4-2)11(17)8-12(14)18-13-9(15)6-5-7-10(13)16/h5-7,12H,3-4,8H2,1-2H3. The molecule has 1 saturated carbocycles. The Balaban J connectivity index is 2.23. The van der Waals surface area contributed by atoms with Gasteiger partial charge in [0.15, 0.2) is 11.6 Å². The number of benzene rings is 1. The van der Waals surface area contributed by atoms with Crippen molar-refractivity contribution in [3.63, 3.8) is 0 Å². The maximum absolute atomic E-state index is 13.6. The van der Waals surface area contributed by atoms with E-state index in [0.717, 1.165) is 0 Å². The fraction of sp³-hybridized carbons (Fsp3) is 0.500. The maximum Gasteiger partial charge on any atom is 0.173 e. The van der Waals surface area contributed by atoms with Gasteiger partial charge < -0.3 is 4.74 Å². The first-order valence-corrected chi connectivity index (χ1v) is 6.57. The van der Waals surface area contributed by atoms with Gasteiger partial charge in [0.2, 0.25) is 0 Å². The second kappa shape index (κ2) is 4.88. The Morgan fingerprint density at radius 1 is 1.44 bits per heavy atom. The number of hydrogen-bond donors (Lipinski definition) is 0. The smallest absolute Gasteiger partial charge is 0.173 e. The molecule has 0 heterocycles. The molecule has 0 aromatic heterocycles. The maximum atomic E-state index is 13.6. The average Bonchev–Trinajstić information content (AvgIpc) is 2.34. The summed E-state index contributed by atoms with van der Waals surface area (Å²) in [5.41, 5.74) is -0.467. The number of halogens is 2. The van der Waals surface area contributed by atoms with Gasteiger partial charge in [0.05, 0.1) is 10.4 Å². The Hall–Kier alpha value is -1.09. The van der Waals surface area contributed by atoms with Gasteiger partial charge in [-0.3, -0.25) is 4.79 Å². The Bertz CT molecular complexity index is 449. The van der Waals surface area contributed by atoms with Crippen LogP contribution in [0.2, 0.25) is 5.02 Å². The molecule has 1 aromatic carbocycles. The highest BCUT2D eigenvalue weighted by Crippen LogP contribution is 2.46. The largest absolute Gasteiger partial charge is 0.484 e. The van der Waals surface area contributed by atoms with Crippen LogP contribution in [0.3, 0.4) is 0 Å². The lowest BCUT2D eigenvalue weighted by Gasteiger charge is -2.46. The highest BCUT2D eigenvalue weighted by molar-refractivity contribution is 6.32. The minimum atomic E-state index is -0.483. The van der Waals surface area contributed by atoms with E-state index in [0.29, 0.717) is 19.3 Å². The zero-order valence-electron chi connectivity index (χ0n) is 10.5. The summed E-state index contributed by atoms with van der Waals surface area (Å²) in [5.74, 6) is -0.226. The van der Waals surface area contributed by atoms with Crippen LogP contribution in [0, 0.1) is 11.2 Å². The minimum Gasteiger partial charge on any atom is -0.484 e. The van der Waals surface area contributed by atoms with Crippen molar-refractivity contribution in [1.29, 1.82) is 0 Å². The van der Waals surface area contributed by atoms with Gasteiger partial charge in [-0.05, 0) is 25.0 Å². The Kier molecular flexibility index (Phi) is 3.62. The predicted octanol–water partition coefficient (Wildman–Crippen LogP) is 4.01. The fourth-order valence-electron chi connectivity index (χ4n) is 2.61. The molecule has 0 amide bonds. The molecule has 0 spiro atoms. The summed E-state index contributed by atoms with van der Waals surface area (Å²) in [5, 5.41) is 0.246. The topological polar surface area (TPSA) is 26.3 Å². The second-order valence-electron chi connectivity index (χ2n) is 4.65. The lowest BCUT2D eigenvalue weighted by Crippen LogP contribution is -2.56. The minimum absolute atomic E-state index is 0.0583. The predicted molar refractivity (Wildman–Crippen MR) is 68.5 cm³/mol. The molecule has 0 radical (unpaired) electrons. The monoisotopic (exact) mass is 270 g/mol. The number of carbonyl (C=O) groups excluding carboxylic acids is 1. The Morgan fingerprint density at radius 2 is 2.11 bits per heavy atom. The third-order valence-electron chi connectivity index (χ3n) is 3.98. The van der Waals surface area contributed by atoms with Gasteiger partial charge >= 0.3 is 0 Å². The van der Waals surface area contributed by atoms with E-state index >= 15 is 0 Å². The van der Waals surface area contributed by atoms with E-state index in [1.54, 1.807) is 6.07 Å². The summed E-state index contributed by atoms with van der Waals surface area (Å²) >= 11 is 5.92. The van der Waals surface area contributed by atoms with Gasteiger partial charge in [-0.25, -0.2) is 4.39 Å². The lowest BCUT2D eigenvalue weighted by atomic mass is 9.61. The number of ketones is 1. The molecule has 98 valence electrons. The number of carbonyl (C=O) groups is 1. The number of ether oxygens (including phenoxy) is 1. The van der Waals surface area contributed by atoms with Gasteiger partial charge in [0.1, 0.15) is 11.9 Å². The fourth-order valence-corrected chi connectivity index (χ4v) is 2.81. The summed E-state index contributed by atoms with van der Waals surface area (Å²) < 4.78 is 19.3. The van der Waals surface area contributed by atoms with Gasteiger partial charge in [-0.15, -0.1) is 0 Å². The molecule has 4 heteroatoms. The third kappa shape index (κ3) is 1.91. The molecule has 2 rings (SSSR count). The van der Waals surface area contributed by atoms with E-state index in [-0.39, 0.29) is 22.7 Å². The van der Waals surface area contributed by atoms with Gasteiger partial charge in [0.25, 0.3) is 0 Å². The molecular formula is C14H16ClFO2. The summed E-state index contributed by atoms with van der Waals surface area (Å²) in [4.78, 5) is 11.8. The van der Waals surface area contributed by atoms with Crippen LogP contribution in [-0.4, -0.2) is 11.9 Å². The van der Waals surface area contributed by atoms with Crippen LogP contribution >= 0.6 is 11.6 Å². The van der Waals surface area contributed by atoms with Crippen LogP contribution < -0.4 is 4.74 Å². The average molecular weight is 271 g/mol. The highest BCUT2D eigenvalue weighted by Gasteiger charge is 2.54. The Labute approximate surface area is 111 Å².